The van der Waals surface area contributed by atoms with E-state index in [2.05, 4.69) is 66.0 Å². The Kier molecular flexibility index (Phi) is 4.44. The Bertz CT molecular complexity index is 1070. The van der Waals surface area contributed by atoms with Crippen LogP contribution in [0.4, 0.5) is 5.69 Å². The molecule has 1 aliphatic heterocycles. The molecule has 1 heterocycles. The second-order valence-electron chi connectivity index (χ2n) is 7.76. The van der Waals surface area contributed by atoms with Gasteiger partial charge >= 0.3 is 5.97 Å². The fourth-order valence-corrected chi connectivity index (χ4v) is 4.68. The molecular weight excluding hydrogens is 358 g/mol. The number of fused-ring (bicyclic) bond motifs is 3. The van der Waals surface area contributed by atoms with Crippen LogP contribution in [0.25, 0.3) is 11.1 Å². The van der Waals surface area contributed by atoms with Crippen LogP contribution in [-0.2, 0) is 4.74 Å². The minimum absolute atomic E-state index is 0.219. The van der Waals surface area contributed by atoms with Gasteiger partial charge in [-0.3, -0.25) is 0 Å². The summed E-state index contributed by atoms with van der Waals surface area (Å²) in [5, 5.41) is 3.77. The van der Waals surface area contributed by atoms with Crippen LogP contribution in [0, 0.1) is 5.92 Å². The summed E-state index contributed by atoms with van der Waals surface area (Å²) in [5.74, 6) is 0.574. The Balaban J connectivity index is 1.50. The van der Waals surface area contributed by atoms with Crippen LogP contribution < -0.4 is 5.32 Å². The smallest absolute Gasteiger partial charge is 0.337 e. The van der Waals surface area contributed by atoms with Crippen molar-refractivity contribution < 1.29 is 9.53 Å². The lowest BCUT2D eigenvalue weighted by Crippen LogP contribution is -2.29. The first-order valence-electron chi connectivity index (χ1n) is 10.1. The standard InChI is InChI=1S/C26H23NO2/c1-29-26(28)19-12-10-18(11-13-19)25-22-9-5-8-21(22)23-16-20(14-15-24(23)27-25)17-6-3-2-4-7-17/h2-8,10-16,21-22,25,27H,9H2,1H3. The van der Waals surface area contributed by atoms with Crippen LogP contribution in [0.1, 0.15) is 39.9 Å². The lowest BCUT2D eigenvalue weighted by Gasteiger charge is -2.38. The molecule has 144 valence electrons. The highest BCUT2D eigenvalue weighted by Crippen LogP contribution is 2.50. The minimum Gasteiger partial charge on any atom is -0.465 e. The van der Waals surface area contributed by atoms with E-state index in [4.69, 9.17) is 4.74 Å². The summed E-state index contributed by atoms with van der Waals surface area (Å²) >= 11 is 0. The molecule has 0 amide bonds. The molecule has 3 atom stereocenters. The number of nitrogens with one attached hydrogen (secondary N) is 1. The van der Waals surface area contributed by atoms with Gasteiger partial charge < -0.3 is 10.1 Å². The van der Waals surface area contributed by atoms with E-state index < -0.39 is 0 Å². The predicted molar refractivity (Wildman–Crippen MR) is 116 cm³/mol. The molecule has 0 aromatic heterocycles. The van der Waals surface area contributed by atoms with Crippen LogP contribution in [0.15, 0.2) is 84.9 Å². The van der Waals surface area contributed by atoms with Crippen molar-refractivity contribution in [3.8, 4) is 11.1 Å². The van der Waals surface area contributed by atoms with E-state index >= 15 is 0 Å². The molecule has 0 bridgehead atoms. The number of anilines is 1. The Morgan fingerprint density at radius 1 is 0.966 bits per heavy atom. The van der Waals surface area contributed by atoms with Crippen LogP contribution in [-0.4, -0.2) is 13.1 Å². The molecule has 3 unspecified atom stereocenters. The summed E-state index contributed by atoms with van der Waals surface area (Å²) in [7, 11) is 1.41. The number of benzene rings is 3. The van der Waals surface area contributed by atoms with Crippen molar-refractivity contribution >= 4 is 11.7 Å². The number of hydrogen-bond donors (Lipinski definition) is 1. The molecule has 1 aliphatic carbocycles. The van der Waals surface area contributed by atoms with Crippen molar-refractivity contribution in [3.05, 3.63) is 102 Å². The third kappa shape index (κ3) is 3.13. The number of ether oxygens (including phenoxy) is 1. The van der Waals surface area contributed by atoms with Crippen molar-refractivity contribution in [2.45, 2.75) is 18.4 Å². The molecule has 2 aliphatic rings. The summed E-state index contributed by atoms with van der Waals surface area (Å²) in [6.07, 6.45) is 5.71. The van der Waals surface area contributed by atoms with Gasteiger partial charge in [-0.15, -0.1) is 0 Å². The van der Waals surface area contributed by atoms with Gasteiger partial charge in [0, 0.05) is 11.6 Å². The molecule has 3 nitrogen and oxygen atoms in total. The van der Waals surface area contributed by atoms with E-state index in [9.17, 15) is 4.79 Å². The molecule has 0 radical (unpaired) electrons. The molecule has 0 spiro atoms. The molecule has 3 heteroatoms. The van der Waals surface area contributed by atoms with E-state index in [0.29, 0.717) is 17.4 Å². The number of hydrogen-bond acceptors (Lipinski definition) is 3. The van der Waals surface area contributed by atoms with Gasteiger partial charge in [-0.05, 0) is 58.9 Å². The van der Waals surface area contributed by atoms with E-state index in [1.165, 1.54) is 35.1 Å². The fraction of sp³-hybridized carbons (Fsp3) is 0.192. The van der Waals surface area contributed by atoms with Gasteiger partial charge in [-0.2, -0.15) is 0 Å². The molecule has 29 heavy (non-hydrogen) atoms. The largest absolute Gasteiger partial charge is 0.465 e. The zero-order chi connectivity index (χ0) is 19.8. The van der Waals surface area contributed by atoms with Crippen LogP contribution >= 0.6 is 0 Å². The predicted octanol–water partition coefficient (Wildman–Crippen LogP) is 5.97. The van der Waals surface area contributed by atoms with E-state index in [-0.39, 0.29) is 12.0 Å². The minimum atomic E-state index is -0.299. The molecular formula is C26H23NO2. The number of rotatable bonds is 3. The Labute approximate surface area is 171 Å². The van der Waals surface area contributed by atoms with E-state index in [1.807, 2.05) is 24.3 Å². The molecule has 0 fully saturated rings. The summed E-state index contributed by atoms with van der Waals surface area (Å²) < 4.78 is 4.82. The maximum absolute atomic E-state index is 11.7. The maximum atomic E-state index is 11.7. The van der Waals surface area contributed by atoms with Gasteiger partial charge in [0.15, 0.2) is 0 Å². The van der Waals surface area contributed by atoms with Gasteiger partial charge in [0.05, 0.1) is 18.7 Å². The monoisotopic (exact) mass is 381 g/mol. The number of allylic oxidation sites excluding steroid dienone is 2. The summed E-state index contributed by atoms with van der Waals surface area (Å²) in [6, 6.07) is 25.3. The van der Waals surface area contributed by atoms with Crippen molar-refractivity contribution in [2.24, 2.45) is 5.92 Å². The number of carbonyl (C=O) groups is 1. The third-order valence-electron chi connectivity index (χ3n) is 6.16. The number of carbonyl (C=O) groups excluding carboxylic acids is 1. The van der Waals surface area contributed by atoms with E-state index in [1.54, 1.807) is 0 Å². The zero-order valence-electron chi connectivity index (χ0n) is 16.3. The molecule has 0 saturated heterocycles. The lowest BCUT2D eigenvalue weighted by atomic mass is 9.76. The quantitative estimate of drug-likeness (QED) is 0.449. The zero-order valence-corrected chi connectivity index (χ0v) is 16.3. The fourth-order valence-electron chi connectivity index (χ4n) is 4.68. The van der Waals surface area contributed by atoms with Crippen LogP contribution in [0.3, 0.4) is 0 Å². The Morgan fingerprint density at radius 2 is 1.76 bits per heavy atom. The summed E-state index contributed by atoms with van der Waals surface area (Å²) in [5.41, 5.74) is 6.85. The van der Waals surface area contributed by atoms with Gasteiger partial charge in [-0.1, -0.05) is 60.7 Å². The van der Waals surface area contributed by atoms with Gasteiger partial charge in [0.2, 0.25) is 0 Å². The van der Waals surface area contributed by atoms with Crippen molar-refractivity contribution in [1.82, 2.24) is 0 Å². The maximum Gasteiger partial charge on any atom is 0.337 e. The van der Waals surface area contributed by atoms with Crippen molar-refractivity contribution in [3.63, 3.8) is 0 Å². The second-order valence-corrected chi connectivity index (χ2v) is 7.76. The van der Waals surface area contributed by atoms with Crippen LogP contribution in [0.2, 0.25) is 0 Å². The average molecular weight is 381 g/mol. The normalized spacial score (nSPS) is 21.8. The molecule has 5 rings (SSSR count). The first-order valence-corrected chi connectivity index (χ1v) is 10.1. The highest BCUT2D eigenvalue weighted by atomic mass is 16.5. The number of esters is 1. The lowest BCUT2D eigenvalue weighted by molar-refractivity contribution is 0.0600. The first-order chi connectivity index (χ1) is 14.2. The molecule has 0 saturated carbocycles. The average Bonchev–Trinajstić information content (AvgIpc) is 3.29. The third-order valence-corrected chi connectivity index (χ3v) is 6.16. The Morgan fingerprint density at radius 3 is 2.52 bits per heavy atom. The van der Waals surface area contributed by atoms with E-state index in [0.717, 1.165) is 6.42 Å². The Hall–Kier alpha value is -3.33. The number of methoxy groups -OCH3 is 1. The highest BCUT2D eigenvalue weighted by molar-refractivity contribution is 5.89. The second kappa shape index (κ2) is 7.25. The molecule has 3 aromatic carbocycles. The SMILES string of the molecule is COC(=O)c1ccc(C2Nc3ccc(-c4ccccc4)cc3C3C=CCC32)cc1. The van der Waals surface area contributed by atoms with Gasteiger partial charge in [0.1, 0.15) is 0 Å². The van der Waals surface area contributed by atoms with Crippen molar-refractivity contribution in [1.29, 1.82) is 0 Å². The summed E-state index contributed by atoms with van der Waals surface area (Å²) in [4.78, 5) is 11.7. The highest BCUT2D eigenvalue weighted by Gasteiger charge is 2.38. The van der Waals surface area contributed by atoms with Crippen molar-refractivity contribution in [2.75, 3.05) is 12.4 Å². The first kappa shape index (κ1) is 17.7. The van der Waals surface area contributed by atoms with Crippen LogP contribution in [0.5, 0.6) is 0 Å². The van der Waals surface area contributed by atoms with Gasteiger partial charge in [0.25, 0.3) is 0 Å². The topological polar surface area (TPSA) is 38.3 Å². The van der Waals surface area contributed by atoms with Gasteiger partial charge in [-0.25, -0.2) is 4.79 Å². The molecule has 3 aromatic rings. The summed E-state index contributed by atoms with van der Waals surface area (Å²) in [6.45, 7) is 0. The molecule has 1 N–H and O–H groups in total.